The van der Waals surface area contributed by atoms with Gasteiger partial charge in [-0.05, 0) is 18.6 Å². The second kappa shape index (κ2) is 7.57. The van der Waals surface area contributed by atoms with E-state index in [-0.39, 0.29) is 6.61 Å². The third kappa shape index (κ3) is 3.46. The van der Waals surface area contributed by atoms with Crippen molar-refractivity contribution in [3.05, 3.63) is 54.0 Å². The van der Waals surface area contributed by atoms with Crippen LogP contribution in [0.1, 0.15) is 17.4 Å². The lowest BCUT2D eigenvalue weighted by Gasteiger charge is -2.17. The second-order valence-electron chi connectivity index (χ2n) is 6.65. The number of benzene rings is 1. The molecule has 7 nitrogen and oxygen atoms in total. The topological polar surface area (TPSA) is 101 Å². The van der Waals surface area contributed by atoms with Crippen LogP contribution in [0.4, 0.5) is 0 Å². The molecule has 3 heterocycles. The van der Waals surface area contributed by atoms with Crippen LogP contribution in [0.25, 0.3) is 11.0 Å². The normalized spacial score (nSPS) is 25.3. The monoisotopic (exact) mass is 387 g/mol. The molecule has 3 aromatic rings. The highest BCUT2D eigenvalue weighted by atomic mass is 32.2. The zero-order chi connectivity index (χ0) is 19.0. The van der Waals surface area contributed by atoms with E-state index in [1.807, 2.05) is 12.1 Å². The summed E-state index contributed by atoms with van der Waals surface area (Å²) < 4.78 is 7.29. The number of nitrogens with zero attached hydrogens (tertiary/aromatic N) is 3. The van der Waals surface area contributed by atoms with Crippen molar-refractivity contribution < 1.29 is 20.1 Å². The summed E-state index contributed by atoms with van der Waals surface area (Å²) in [6.07, 6.45) is -0.668. The molecule has 2 aromatic heterocycles. The molecule has 4 rings (SSSR count). The van der Waals surface area contributed by atoms with E-state index < -0.39 is 24.5 Å². The van der Waals surface area contributed by atoms with E-state index in [9.17, 15) is 15.3 Å². The minimum Gasteiger partial charge on any atom is -0.394 e. The van der Waals surface area contributed by atoms with E-state index in [1.54, 1.807) is 22.5 Å². The van der Waals surface area contributed by atoms with Gasteiger partial charge >= 0.3 is 0 Å². The van der Waals surface area contributed by atoms with E-state index in [4.69, 9.17) is 4.74 Å². The predicted molar refractivity (Wildman–Crippen MR) is 101 cm³/mol. The zero-order valence-electron chi connectivity index (χ0n) is 14.8. The fourth-order valence-corrected chi connectivity index (χ4v) is 4.25. The first-order valence-electron chi connectivity index (χ1n) is 8.71. The zero-order valence-corrected chi connectivity index (χ0v) is 15.6. The maximum absolute atomic E-state index is 10.3. The average Bonchev–Trinajstić information content (AvgIpc) is 3.22. The van der Waals surface area contributed by atoms with E-state index in [0.717, 1.165) is 16.2 Å². The second-order valence-corrected chi connectivity index (χ2v) is 7.61. The maximum Gasteiger partial charge on any atom is 0.164 e. The van der Waals surface area contributed by atoms with Gasteiger partial charge in [-0.1, -0.05) is 29.8 Å². The lowest BCUT2D eigenvalue weighted by atomic mass is 10.1. The van der Waals surface area contributed by atoms with Crippen molar-refractivity contribution in [2.45, 2.75) is 42.2 Å². The van der Waals surface area contributed by atoms with Gasteiger partial charge in [-0.2, -0.15) is 0 Å². The predicted octanol–water partition coefficient (Wildman–Crippen LogP) is 1.64. The molecule has 1 saturated heterocycles. The number of hydrogen-bond acceptors (Lipinski definition) is 7. The summed E-state index contributed by atoms with van der Waals surface area (Å²) in [5, 5.41) is 31.3. The average molecular weight is 387 g/mol. The van der Waals surface area contributed by atoms with Crippen molar-refractivity contribution in [2.24, 2.45) is 0 Å². The number of hydrogen-bond donors (Lipinski definition) is 3. The number of thioether (sulfide) groups is 1. The van der Waals surface area contributed by atoms with Crippen LogP contribution in [-0.4, -0.2) is 54.8 Å². The highest BCUT2D eigenvalue weighted by Crippen LogP contribution is 2.34. The van der Waals surface area contributed by atoms with Crippen LogP contribution in [-0.2, 0) is 10.5 Å². The van der Waals surface area contributed by atoms with Gasteiger partial charge in [0.1, 0.15) is 35.3 Å². The van der Waals surface area contributed by atoms with Crippen molar-refractivity contribution >= 4 is 22.8 Å². The van der Waals surface area contributed by atoms with Crippen molar-refractivity contribution in [1.82, 2.24) is 14.5 Å². The Morgan fingerprint density at radius 1 is 1.19 bits per heavy atom. The molecule has 1 fully saturated rings. The lowest BCUT2D eigenvalue weighted by Crippen LogP contribution is -2.33. The molecule has 3 N–H and O–H groups in total. The van der Waals surface area contributed by atoms with Crippen LogP contribution in [0.5, 0.6) is 0 Å². The van der Waals surface area contributed by atoms with Gasteiger partial charge in [0.15, 0.2) is 6.23 Å². The Kier molecular flexibility index (Phi) is 5.16. The first-order chi connectivity index (χ1) is 13.1. The van der Waals surface area contributed by atoms with Gasteiger partial charge in [0.05, 0.1) is 12.0 Å². The summed E-state index contributed by atoms with van der Waals surface area (Å²) in [7, 11) is 0. The minimum absolute atomic E-state index is 0.361. The van der Waals surface area contributed by atoms with Crippen LogP contribution in [0.15, 0.2) is 47.9 Å². The van der Waals surface area contributed by atoms with Gasteiger partial charge in [0.25, 0.3) is 0 Å². The number of aromatic nitrogens is 3. The van der Waals surface area contributed by atoms with Gasteiger partial charge in [0.2, 0.25) is 0 Å². The number of aliphatic hydroxyl groups excluding tert-OH is 3. The van der Waals surface area contributed by atoms with Gasteiger partial charge in [-0.25, -0.2) is 9.97 Å². The Morgan fingerprint density at radius 2 is 2.04 bits per heavy atom. The van der Waals surface area contributed by atoms with Crippen LogP contribution >= 0.6 is 11.8 Å². The molecule has 0 amide bonds. The molecular weight excluding hydrogens is 366 g/mol. The third-order valence-electron chi connectivity index (χ3n) is 4.72. The van der Waals surface area contributed by atoms with Crippen LogP contribution < -0.4 is 0 Å². The summed E-state index contributed by atoms with van der Waals surface area (Å²) in [5.74, 6) is 0.785. The number of rotatable bonds is 5. The van der Waals surface area contributed by atoms with E-state index >= 15 is 0 Å². The summed E-state index contributed by atoms with van der Waals surface area (Å²) >= 11 is 1.62. The van der Waals surface area contributed by atoms with Crippen LogP contribution in [0.2, 0.25) is 0 Å². The Hall–Kier alpha value is -1.97. The van der Waals surface area contributed by atoms with E-state index in [0.29, 0.717) is 5.65 Å². The van der Waals surface area contributed by atoms with Gasteiger partial charge in [-0.15, -0.1) is 11.8 Å². The maximum atomic E-state index is 10.3. The van der Waals surface area contributed by atoms with Crippen molar-refractivity contribution in [2.75, 3.05) is 6.61 Å². The molecule has 0 bridgehead atoms. The Morgan fingerprint density at radius 3 is 2.78 bits per heavy atom. The third-order valence-corrected chi connectivity index (χ3v) is 5.80. The molecule has 4 atom stereocenters. The number of aryl methyl sites for hydroxylation is 1. The molecule has 0 radical (unpaired) electrons. The van der Waals surface area contributed by atoms with Crippen LogP contribution in [0, 0.1) is 6.92 Å². The number of aliphatic hydroxyl groups is 3. The molecule has 27 heavy (non-hydrogen) atoms. The molecule has 0 aliphatic carbocycles. The quantitative estimate of drug-likeness (QED) is 0.452. The highest BCUT2D eigenvalue weighted by molar-refractivity contribution is 7.98. The minimum atomic E-state index is -1.14. The van der Waals surface area contributed by atoms with Gasteiger partial charge in [0, 0.05) is 11.9 Å². The largest absolute Gasteiger partial charge is 0.394 e. The molecule has 142 valence electrons. The standard InChI is InChI=1S/C19H21N3O4S/c1-11-3-2-4-12(7-11)9-27-18-13-5-6-22(17(13)20-10-21-18)19-16(25)15(24)14(8-23)26-19/h2-7,10,14-16,19,23-25H,8-9H2,1H3/t14-,15-,16-,19-/m1/s1. The summed E-state index contributed by atoms with van der Waals surface area (Å²) in [6, 6.07) is 10.2. The molecule has 1 aliphatic rings. The Balaban J connectivity index is 1.60. The highest BCUT2D eigenvalue weighted by Gasteiger charge is 2.43. The van der Waals surface area contributed by atoms with Crippen molar-refractivity contribution in [3.63, 3.8) is 0 Å². The Bertz CT molecular complexity index is 948. The summed E-state index contributed by atoms with van der Waals surface area (Å²) in [6.45, 7) is 1.71. The molecule has 1 aromatic carbocycles. The lowest BCUT2D eigenvalue weighted by molar-refractivity contribution is -0.0508. The first-order valence-corrected chi connectivity index (χ1v) is 9.69. The summed E-state index contributed by atoms with van der Waals surface area (Å²) in [5.41, 5.74) is 3.05. The fraction of sp³-hybridized carbons (Fsp3) is 0.368. The molecule has 0 spiro atoms. The SMILES string of the molecule is Cc1cccc(CSc2ncnc3c2ccn3[C@@H]2O[C@H](CO)[C@@H](O)[C@H]2O)c1. The van der Waals surface area contributed by atoms with Crippen molar-refractivity contribution in [1.29, 1.82) is 0 Å². The van der Waals surface area contributed by atoms with E-state index in [1.165, 1.54) is 17.5 Å². The molecule has 1 aliphatic heterocycles. The number of fused-ring (bicyclic) bond motifs is 1. The Labute approximate surface area is 160 Å². The van der Waals surface area contributed by atoms with Gasteiger partial charge in [-0.3, -0.25) is 0 Å². The van der Waals surface area contributed by atoms with Crippen LogP contribution in [0.3, 0.4) is 0 Å². The van der Waals surface area contributed by atoms with Crippen molar-refractivity contribution in [3.8, 4) is 0 Å². The number of ether oxygens (including phenoxy) is 1. The summed E-state index contributed by atoms with van der Waals surface area (Å²) in [4.78, 5) is 8.72. The smallest absolute Gasteiger partial charge is 0.164 e. The van der Waals surface area contributed by atoms with E-state index in [2.05, 4.69) is 35.1 Å². The molecular formula is C19H21N3O4S. The van der Waals surface area contributed by atoms with Gasteiger partial charge < -0.3 is 24.6 Å². The fourth-order valence-electron chi connectivity index (χ4n) is 3.33. The molecule has 0 saturated carbocycles. The molecule has 8 heteroatoms. The molecule has 0 unspecified atom stereocenters. The first kappa shape index (κ1) is 18.4.